The number of unbranched alkanes of at least 4 members (excludes halogenated alkanes) is 1. The second-order valence-electron chi connectivity index (χ2n) is 6.55. The molecule has 0 spiro atoms. The van der Waals surface area contributed by atoms with Gasteiger partial charge in [-0.1, -0.05) is 30.3 Å². The van der Waals surface area contributed by atoms with Crippen LogP contribution in [0, 0.1) is 0 Å². The van der Waals surface area contributed by atoms with Crippen LogP contribution in [0.3, 0.4) is 0 Å². The Balaban J connectivity index is 1.87. The first-order valence-corrected chi connectivity index (χ1v) is 9.45. The highest BCUT2D eigenvalue weighted by molar-refractivity contribution is 5.99. The summed E-state index contributed by atoms with van der Waals surface area (Å²) in [5.41, 5.74) is 8.75. The monoisotopic (exact) mass is 378 g/mol. The van der Waals surface area contributed by atoms with Crippen molar-refractivity contribution < 1.29 is 9.53 Å². The maximum absolute atomic E-state index is 12.8. The lowest BCUT2D eigenvalue weighted by Crippen LogP contribution is -2.25. The summed E-state index contributed by atoms with van der Waals surface area (Å²) in [6.45, 7) is 1.83. The van der Waals surface area contributed by atoms with Crippen LogP contribution in [0.25, 0.3) is 11.3 Å². The molecule has 1 amide bonds. The van der Waals surface area contributed by atoms with E-state index in [9.17, 15) is 4.79 Å². The van der Waals surface area contributed by atoms with E-state index in [1.165, 1.54) is 0 Å². The van der Waals surface area contributed by atoms with E-state index >= 15 is 0 Å². The second-order valence-corrected chi connectivity index (χ2v) is 6.55. The number of hydrogen-bond acceptors (Lipinski definition) is 4. The van der Waals surface area contributed by atoms with Crippen LogP contribution in [-0.2, 0) is 6.54 Å². The molecule has 146 valence electrons. The molecule has 0 bridgehead atoms. The zero-order valence-electron chi connectivity index (χ0n) is 16.1. The van der Waals surface area contributed by atoms with Crippen LogP contribution in [0.5, 0.6) is 5.75 Å². The van der Waals surface area contributed by atoms with Crippen molar-refractivity contribution in [2.75, 3.05) is 20.2 Å². The molecule has 1 aromatic heterocycles. The Kier molecular flexibility index (Phi) is 6.81. The quantitative estimate of drug-likeness (QED) is 0.561. The Morgan fingerprint density at radius 1 is 1.11 bits per heavy atom. The highest BCUT2D eigenvalue weighted by Gasteiger charge is 2.18. The minimum atomic E-state index is -0.123. The Bertz CT molecular complexity index is 889. The summed E-state index contributed by atoms with van der Waals surface area (Å²) < 4.78 is 7.04. The van der Waals surface area contributed by atoms with Gasteiger partial charge in [-0.3, -0.25) is 9.48 Å². The molecule has 0 radical (unpaired) electrons. The minimum Gasteiger partial charge on any atom is -0.497 e. The molecule has 0 aliphatic carbocycles. The number of rotatable bonds is 9. The summed E-state index contributed by atoms with van der Waals surface area (Å²) in [6, 6.07) is 17.6. The minimum absolute atomic E-state index is 0.123. The van der Waals surface area contributed by atoms with Crippen LogP contribution in [-0.4, -0.2) is 35.9 Å². The number of nitrogens with zero attached hydrogens (tertiary/aromatic N) is 2. The first-order chi connectivity index (χ1) is 13.7. The van der Waals surface area contributed by atoms with Crippen LogP contribution in [0.4, 0.5) is 0 Å². The molecule has 6 nitrogen and oxygen atoms in total. The molecular formula is C22H26N4O2. The highest BCUT2D eigenvalue weighted by atomic mass is 16.5. The predicted octanol–water partition coefficient (Wildman–Crippen LogP) is 3.08. The van der Waals surface area contributed by atoms with Crippen molar-refractivity contribution in [3.05, 3.63) is 71.9 Å². The van der Waals surface area contributed by atoms with Crippen molar-refractivity contribution in [2.45, 2.75) is 19.4 Å². The van der Waals surface area contributed by atoms with Crippen LogP contribution in [0.2, 0.25) is 0 Å². The van der Waals surface area contributed by atoms with E-state index in [1.54, 1.807) is 7.11 Å². The smallest absolute Gasteiger partial charge is 0.255 e. The molecule has 0 fully saturated rings. The Labute approximate surface area is 165 Å². The molecule has 3 rings (SSSR count). The van der Waals surface area contributed by atoms with Gasteiger partial charge in [-0.25, -0.2) is 0 Å². The number of nitrogens with one attached hydrogen (secondary N) is 1. The van der Waals surface area contributed by atoms with Gasteiger partial charge < -0.3 is 15.8 Å². The zero-order chi connectivity index (χ0) is 19.8. The number of amides is 1. The average molecular weight is 378 g/mol. The Morgan fingerprint density at radius 3 is 2.54 bits per heavy atom. The van der Waals surface area contributed by atoms with Crippen molar-refractivity contribution in [3.8, 4) is 17.0 Å². The lowest BCUT2D eigenvalue weighted by Gasteiger charge is -2.06. The van der Waals surface area contributed by atoms with Gasteiger partial charge in [0.15, 0.2) is 0 Å². The fourth-order valence-electron chi connectivity index (χ4n) is 2.97. The molecule has 28 heavy (non-hydrogen) atoms. The van der Waals surface area contributed by atoms with Gasteiger partial charge in [-0.15, -0.1) is 0 Å². The van der Waals surface area contributed by atoms with Crippen LogP contribution in [0.1, 0.15) is 28.8 Å². The van der Waals surface area contributed by atoms with Gasteiger partial charge in [0.1, 0.15) is 11.4 Å². The number of methoxy groups -OCH3 is 1. The molecule has 0 aliphatic heterocycles. The van der Waals surface area contributed by atoms with Crippen LogP contribution in [0.15, 0.2) is 60.8 Å². The number of ether oxygens (including phenoxy) is 1. The number of aromatic nitrogens is 2. The first-order valence-electron chi connectivity index (χ1n) is 9.45. The molecule has 1 heterocycles. The summed E-state index contributed by atoms with van der Waals surface area (Å²) >= 11 is 0. The third-order valence-electron chi connectivity index (χ3n) is 4.47. The molecule has 0 saturated heterocycles. The molecular weight excluding hydrogens is 352 g/mol. The van der Waals surface area contributed by atoms with Gasteiger partial charge in [-0.05, 0) is 49.2 Å². The van der Waals surface area contributed by atoms with Crippen LogP contribution >= 0.6 is 0 Å². The maximum Gasteiger partial charge on any atom is 0.255 e. The van der Waals surface area contributed by atoms with Crippen molar-refractivity contribution in [1.29, 1.82) is 0 Å². The van der Waals surface area contributed by atoms with E-state index < -0.39 is 0 Å². The van der Waals surface area contributed by atoms with Crippen molar-refractivity contribution in [1.82, 2.24) is 15.1 Å². The summed E-state index contributed by atoms with van der Waals surface area (Å²) in [7, 11) is 1.63. The van der Waals surface area contributed by atoms with E-state index in [4.69, 9.17) is 15.6 Å². The summed E-state index contributed by atoms with van der Waals surface area (Å²) in [5.74, 6) is 0.641. The number of hydrogen-bond donors (Lipinski definition) is 2. The van der Waals surface area contributed by atoms with Crippen molar-refractivity contribution in [2.24, 2.45) is 5.73 Å². The SMILES string of the molecule is COc1ccc(-c2nn(Cc3ccccc3)cc2C(=O)NCCCCN)cc1. The van der Waals surface area contributed by atoms with Gasteiger partial charge in [-0.2, -0.15) is 5.10 Å². The van der Waals surface area contributed by atoms with Gasteiger partial charge in [0.25, 0.3) is 5.91 Å². The second kappa shape index (κ2) is 9.71. The molecule has 0 aliphatic rings. The largest absolute Gasteiger partial charge is 0.497 e. The predicted molar refractivity (Wildman–Crippen MR) is 110 cm³/mol. The van der Waals surface area contributed by atoms with Crippen molar-refractivity contribution >= 4 is 5.91 Å². The average Bonchev–Trinajstić information content (AvgIpc) is 3.16. The van der Waals surface area contributed by atoms with E-state index in [-0.39, 0.29) is 5.91 Å². The summed E-state index contributed by atoms with van der Waals surface area (Å²) in [5, 5.41) is 7.66. The standard InChI is InChI=1S/C22H26N4O2/c1-28-19-11-9-18(10-12-19)21-20(22(27)24-14-6-5-13-23)16-26(25-21)15-17-7-3-2-4-8-17/h2-4,7-12,16H,5-6,13-15,23H2,1H3,(H,24,27). The Morgan fingerprint density at radius 2 is 1.86 bits per heavy atom. The first kappa shape index (κ1) is 19.6. The molecule has 0 atom stereocenters. The lowest BCUT2D eigenvalue weighted by atomic mass is 10.1. The van der Waals surface area contributed by atoms with E-state index in [1.807, 2.05) is 65.5 Å². The number of carbonyl (C=O) groups is 1. The van der Waals surface area contributed by atoms with Crippen molar-refractivity contribution in [3.63, 3.8) is 0 Å². The number of nitrogens with two attached hydrogens (primary N) is 1. The van der Waals surface area contributed by atoms with Gasteiger partial charge in [0.05, 0.1) is 19.2 Å². The summed E-state index contributed by atoms with van der Waals surface area (Å²) in [4.78, 5) is 12.8. The third kappa shape index (κ3) is 4.98. The normalized spacial score (nSPS) is 10.6. The number of benzene rings is 2. The molecule has 0 unspecified atom stereocenters. The molecule has 2 aromatic carbocycles. The van der Waals surface area contributed by atoms with Gasteiger partial charge in [0, 0.05) is 18.3 Å². The van der Waals surface area contributed by atoms with E-state index in [0.717, 1.165) is 29.7 Å². The topological polar surface area (TPSA) is 82.2 Å². The zero-order valence-corrected chi connectivity index (χ0v) is 16.1. The molecule has 3 N–H and O–H groups in total. The van der Waals surface area contributed by atoms with E-state index in [2.05, 4.69) is 5.32 Å². The van der Waals surface area contributed by atoms with Gasteiger partial charge >= 0.3 is 0 Å². The highest BCUT2D eigenvalue weighted by Crippen LogP contribution is 2.25. The van der Waals surface area contributed by atoms with Crippen LogP contribution < -0.4 is 15.8 Å². The Hall–Kier alpha value is -3.12. The fourth-order valence-corrected chi connectivity index (χ4v) is 2.97. The summed E-state index contributed by atoms with van der Waals surface area (Å²) in [6.07, 6.45) is 3.56. The fraction of sp³-hybridized carbons (Fsp3) is 0.273. The molecule has 6 heteroatoms. The van der Waals surface area contributed by atoms with E-state index in [0.29, 0.717) is 30.9 Å². The molecule has 3 aromatic rings. The maximum atomic E-state index is 12.8. The van der Waals surface area contributed by atoms with Gasteiger partial charge in [0.2, 0.25) is 0 Å². The lowest BCUT2D eigenvalue weighted by molar-refractivity contribution is 0.0953. The third-order valence-corrected chi connectivity index (χ3v) is 4.47. The number of carbonyl (C=O) groups excluding carboxylic acids is 1. The molecule has 0 saturated carbocycles.